The van der Waals surface area contributed by atoms with Crippen LogP contribution in [-0.4, -0.2) is 4.98 Å². The molecule has 1 aromatic carbocycles. The highest BCUT2D eigenvalue weighted by molar-refractivity contribution is 5.61. The van der Waals surface area contributed by atoms with E-state index < -0.39 is 0 Å². The van der Waals surface area contributed by atoms with Crippen molar-refractivity contribution in [3.05, 3.63) is 48.3 Å². The molecule has 1 aromatic heterocycles. The molecule has 0 fully saturated rings. The van der Waals surface area contributed by atoms with Gasteiger partial charge in [-0.05, 0) is 36.4 Å². The molecule has 16 heavy (non-hydrogen) atoms. The molecule has 3 N–H and O–H groups in total. The minimum Gasteiger partial charge on any atom is -0.399 e. The van der Waals surface area contributed by atoms with E-state index in [-0.39, 0.29) is 0 Å². The topological polar surface area (TPSA) is 74.7 Å². The Hall–Kier alpha value is -2.54. The number of nitriles is 1. The number of nitrogens with one attached hydrogen (secondary N) is 1. The van der Waals surface area contributed by atoms with Crippen molar-refractivity contribution in [1.82, 2.24) is 4.98 Å². The zero-order valence-electron chi connectivity index (χ0n) is 8.51. The fourth-order valence-electron chi connectivity index (χ4n) is 1.27. The van der Waals surface area contributed by atoms with Crippen LogP contribution in [0.1, 0.15) is 5.69 Å². The van der Waals surface area contributed by atoms with Gasteiger partial charge in [0.1, 0.15) is 11.8 Å². The Morgan fingerprint density at radius 2 is 1.75 bits per heavy atom. The van der Waals surface area contributed by atoms with E-state index in [4.69, 9.17) is 11.0 Å². The van der Waals surface area contributed by atoms with Gasteiger partial charge in [-0.3, -0.25) is 0 Å². The lowest BCUT2D eigenvalue weighted by molar-refractivity contribution is 1.26. The van der Waals surface area contributed by atoms with Crippen molar-refractivity contribution in [2.75, 3.05) is 11.1 Å². The van der Waals surface area contributed by atoms with Crippen LogP contribution in [0.4, 0.5) is 17.1 Å². The molecule has 0 unspecified atom stereocenters. The lowest BCUT2D eigenvalue weighted by Crippen LogP contribution is -1.92. The number of hydrogen-bond acceptors (Lipinski definition) is 4. The number of nitrogen functional groups attached to an aromatic ring is 1. The van der Waals surface area contributed by atoms with Crippen LogP contribution in [0.25, 0.3) is 0 Å². The molecule has 0 aliphatic carbocycles. The smallest absolute Gasteiger partial charge is 0.140 e. The molecule has 2 aromatic rings. The molecule has 0 radical (unpaired) electrons. The van der Waals surface area contributed by atoms with Gasteiger partial charge >= 0.3 is 0 Å². The van der Waals surface area contributed by atoms with Crippen molar-refractivity contribution < 1.29 is 0 Å². The average Bonchev–Trinajstić information content (AvgIpc) is 2.33. The quantitative estimate of drug-likeness (QED) is 0.745. The molecule has 0 bridgehead atoms. The monoisotopic (exact) mass is 210 g/mol. The fraction of sp³-hybridized carbons (Fsp3) is 0. The largest absolute Gasteiger partial charge is 0.399 e. The minimum atomic E-state index is 0.405. The summed E-state index contributed by atoms with van der Waals surface area (Å²) in [6, 6.07) is 12.8. The number of nitrogens with zero attached hydrogens (tertiary/aromatic N) is 2. The van der Waals surface area contributed by atoms with Gasteiger partial charge in [0.2, 0.25) is 0 Å². The summed E-state index contributed by atoms with van der Waals surface area (Å²) in [6.07, 6.45) is 1.62. The molecule has 78 valence electrons. The summed E-state index contributed by atoms with van der Waals surface area (Å²) in [4.78, 5) is 3.96. The highest BCUT2D eigenvalue weighted by Crippen LogP contribution is 2.16. The number of hydrogen-bond donors (Lipinski definition) is 2. The van der Waals surface area contributed by atoms with Crippen LogP contribution in [0.3, 0.4) is 0 Å². The summed E-state index contributed by atoms with van der Waals surface area (Å²) in [6.45, 7) is 0. The van der Waals surface area contributed by atoms with E-state index >= 15 is 0 Å². The summed E-state index contributed by atoms with van der Waals surface area (Å²) in [7, 11) is 0. The predicted octanol–water partition coefficient (Wildman–Crippen LogP) is 2.28. The van der Waals surface area contributed by atoms with Crippen LogP contribution in [0.15, 0.2) is 42.6 Å². The van der Waals surface area contributed by atoms with E-state index in [1.54, 1.807) is 12.3 Å². The minimum absolute atomic E-state index is 0.405. The first-order valence-corrected chi connectivity index (χ1v) is 4.76. The van der Waals surface area contributed by atoms with Crippen LogP contribution in [-0.2, 0) is 0 Å². The van der Waals surface area contributed by atoms with Crippen molar-refractivity contribution in [2.24, 2.45) is 0 Å². The second-order valence-electron chi connectivity index (χ2n) is 3.29. The summed E-state index contributed by atoms with van der Waals surface area (Å²) < 4.78 is 0. The highest BCUT2D eigenvalue weighted by atomic mass is 14.9. The van der Waals surface area contributed by atoms with Crippen LogP contribution in [0.5, 0.6) is 0 Å². The summed E-state index contributed by atoms with van der Waals surface area (Å²) in [5, 5.41) is 11.8. The lowest BCUT2D eigenvalue weighted by atomic mass is 10.2. The summed E-state index contributed by atoms with van der Waals surface area (Å²) in [5.41, 5.74) is 8.48. The van der Waals surface area contributed by atoms with E-state index in [1.165, 1.54) is 0 Å². The van der Waals surface area contributed by atoms with E-state index in [1.807, 2.05) is 36.4 Å². The Morgan fingerprint density at radius 3 is 2.31 bits per heavy atom. The number of aromatic nitrogens is 1. The van der Waals surface area contributed by atoms with Gasteiger partial charge in [0.25, 0.3) is 0 Å². The standard InChI is InChI=1S/C12H10N4/c13-7-11-5-6-12(8-15-11)16-10-3-1-9(14)2-4-10/h1-6,8,16H,14H2. The molecule has 0 saturated carbocycles. The third-order valence-corrected chi connectivity index (χ3v) is 2.08. The molecule has 2 rings (SSSR count). The normalized spacial score (nSPS) is 9.44. The maximum absolute atomic E-state index is 8.60. The summed E-state index contributed by atoms with van der Waals surface area (Å²) >= 11 is 0. The zero-order valence-corrected chi connectivity index (χ0v) is 8.51. The van der Waals surface area contributed by atoms with Gasteiger partial charge in [-0.15, -0.1) is 0 Å². The SMILES string of the molecule is N#Cc1ccc(Nc2ccc(N)cc2)cn1. The van der Waals surface area contributed by atoms with E-state index in [0.29, 0.717) is 5.69 Å². The number of nitrogens with two attached hydrogens (primary N) is 1. The first-order chi connectivity index (χ1) is 7.78. The first-order valence-electron chi connectivity index (χ1n) is 4.76. The molecule has 0 aliphatic heterocycles. The van der Waals surface area contributed by atoms with E-state index in [0.717, 1.165) is 17.1 Å². The predicted molar refractivity (Wildman–Crippen MR) is 63.1 cm³/mol. The molecule has 0 aliphatic rings. The Morgan fingerprint density at radius 1 is 1.06 bits per heavy atom. The van der Waals surface area contributed by atoms with Gasteiger partial charge < -0.3 is 11.1 Å². The molecule has 0 atom stereocenters. The van der Waals surface area contributed by atoms with Crippen molar-refractivity contribution in [3.8, 4) is 6.07 Å². The Labute approximate surface area is 93.4 Å². The summed E-state index contributed by atoms with van der Waals surface area (Å²) in [5.74, 6) is 0. The number of benzene rings is 1. The fourth-order valence-corrected chi connectivity index (χ4v) is 1.27. The number of pyridine rings is 1. The van der Waals surface area contributed by atoms with Crippen molar-refractivity contribution in [3.63, 3.8) is 0 Å². The van der Waals surface area contributed by atoms with Crippen LogP contribution >= 0.6 is 0 Å². The Kier molecular flexibility index (Phi) is 2.70. The Balaban J connectivity index is 2.15. The molecule has 0 amide bonds. The van der Waals surface area contributed by atoms with Gasteiger partial charge in [-0.1, -0.05) is 0 Å². The molecule has 0 spiro atoms. The second-order valence-corrected chi connectivity index (χ2v) is 3.29. The molecular weight excluding hydrogens is 200 g/mol. The van der Waals surface area contributed by atoms with E-state index in [9.17, 15) is 0 Å². The molecule has 1 heterocycles. The molecule has 4 heteroatoms. The number of anilines is 3. The zero-order chi connectivity index (χ0) is 11.4. The van der Waals surface area contributed by atoms with Gasteiger partial charge in [0.15, 0.2) is 0 Å². The Bertz CT molecular complexity index is 508. The molecule has 4 nitrogen and oxygen atoms in total. The second kappa shape index (κ2) is 4.32. The van der Waals surface area contributed by atoms with Gasteiger partial charge in [-0.25, -0.2) is 4.98 Å². The maximum Gasteiger partial charge on any atom is 0.140 e. The third-order valence-electron chi connectivity index (χ3n) is 2.08. The molecular formula is C12H10N4. The van der Waals surface area contributed by atoms with Crippen molar-refractivity contribution in [2.45, 2.75) is 0 Å². The highest BCUT2D eigenvalue weighted by Gasteiger charge is 1.96. The molecule has 0 saturated heterocycles. The number of rotatable bonds is 2. The van der Waals surface area contributed by atoms with Crippen LogP contribution in [0.2, 0.25) is 0 Å². The lowest BCUT2D eigenvalue weighted by Gasteiger charge is -2.05. The maximum atomic E-state index is 8.60. The first kappa shape index (κ1) is 9.99. The van der Waals surface area contributed by atoms with Crippen LogP contribution in [0, 0.1) is 11.3 Å². The van der Waals surface area contributed by atoms with Crippen LogP contribution < -0.4 is 11.1 Å². The van der Waals surface area contributed by atoms with Gasteiger partial charge in [0.05, 0.1) is 11.9 Å². The third kappa shape index (κ3) is 2.28. The van der Waals surface area contributed by atoms with Crippen molar-refractivity contribution in [1.29, 1.82) is 5.26 Å². The van der Waals surface area contributed by atoms with Gasteiger partial charge in [-0.2, -0.15) is 5.26 Å². The van der Waals surface area contributed by atoms with Gasteiger partial charge in [0, 0.05) is 11.4 Å². The van der Waals surface area contributed by atoms with E-state index in [2.05, 4.69) is 10.3 Å². The van der Waals surface area contributed by atoms with Crippen molar-refractivity contribution >= 4 is 17.1 Å². The average molecular weight is 210 g/mol.